The van der Waals surface area contributed by atoms with Gasteiger partial charge in [-0.2, -0.15) is 0 Å². The Hall–Kier alpha value is -2.17. The summed E-state index contributed by atoms with van der Waals surface area (Å²) < 4.78 is 0. The molecule has 0 spiro atoms. The summed E-state index contributed by atoms with van der Waals surface area (Å²) in [4.78, 5) is 13.5. The van der Waals surface area contributed by atoms with Gasteiger partial charge >= 0.3 is 0 Å². The van der Waals surface area contributed by atoms with Crippen LogP contribution in [0.3, 0.4) is 0 Å². The molecule has 0 aliphatic heterocycles. The maximum Gasteiger partial charge on any atom is 0.234 e. The zero-order chi connectivity index (χ0) is 18.9. The van der Waals surface area contributed by atoms with Crippen LogP contribution in [0.25, 0.3) is 0 Å². The van der Waals surface area contributed by atoms with Crippen LogP contribution in [0.2, 0.25) is 0 Å². The molecule has 0 aromatic heterocycles. The highest BCUT2D eigenvalue weighted by Gasteiger charge is 2.06. The molecule has 0 aliphatic rings. The molecule has 0 heterocycles. The minimum atomic E-state index is 0.0467. The van der Waals surface area contributed by atoms with Crippen molar-refractivity contribution in [3.05, 3.63) is 95.6 Å². The molecule has 27 heavy (non-hydrogen) atoms. The van der Waals surface area contributed by atoms with E-state index in [0.29, 0.717) is 5.75 Å². The first kappa shape index (κ1) is 19.6. The van der Waals surface area contributed by atoms with Crippen LogP contribution >= 0.6 is 23.5 Å². The molecule has 3 aromatic carbocycles. The van der Waals surface area contributed by atoms with Crippen molar-refractivity contribution in [3.8, 4) is 0 Å². The van der Waals surface area contributed by atoms with Gasteiger partial charge in [0.25, 0.3) is 0 Å². The maximum atomic E-state index is 12.2. The van der Waals surface area contributed by atoms with Gasteiger partial charge in [0.05, 0.1) is 5.75 Å². The first-order chi connectivity index (χ1) is 13.2. The third kappa shape index (κ3) is 6.49. The largest absolute Gasteiger partial charge is 0.325 e. The lowest BCUT2D eigenvalue weighted by atomic mass is 10.1. The normalized spacial score (nSPS) is 10.6. The van der Waals surface area contributed by atoms with E-state index in [4.69, 9.17) is 0 Å². The molecule has 0 fully saturated rings. The first-order valence-corrected chi connectivity index (χ1v) is 11.0. The highest BCUT2D eigenvalue weighted by atomic mass is 32.2. The molecule has 2 nitrogen and oxygen atoms in total. The van der Waals surface area contributed by atoms with E-state index in [9.17, 15) is 4.79 Å². The molecule has 0 bridgehead atoms. The van der Waals surface area contributed by atoms with E-state index >= 15 is 0 Å². The number of rotatable bonds is 8. The van der Waals surface area contributed by atoms with E-state index in [1.165, 1.54) is 16.0 Å². The monoisotopic (exact) mass is 393 g/mol. The summed E-state index contributed by atoms with van der Waals surface area (Å²) in [6, 6.07) is 26.9. The van der Waals surface area contributed by atoms with Crippen molar-refractivity contribution >= 4 is 35.1 Å². The fourth-order valence-corrected chi connectivity index (χ4v) is 4.31. The molecule has 4 heteroatoms. The Bertz CT molecular complexity index is 866. The van der Waals surface area contributed by atoms with Gasteiger partial charge < -0.3 is 5.32 Å². The number of hydrogen-bond acceptors (Lipinski definition) is 3. The second-order valence-electron chi connectivity index (χ2n) is 6.28. The van der Waals surface area contributed by atoms with Gasteiger partial charge in [0.1, 0.15) is 0 Å². The number of benzene rings is 3. The van der Waals surface area contributed by atoms with Crippen molar-refractivity contribution in [2.45, 2.75) is 23.3 Å². The smallest absolute Gasteiger partial charge is 0.234 e. The average molecular weight is 394 g/mol. The second-order valence-corrected chi connectivity index (χ2v) is 8.31. The third-order valence-electron chi connectivity index (χ3n) is 4.06. The van der Waals surface area contributed by atoms with Crippen LogP contribution in [0.5, 0.6) is 0 Å². The fraction of sp³-hybridized carbons (Fsp3) is 0.174. The van der Waals surface area contributed by atoms with Crippen molar-refractivity contribution in [2.24, 2.45) is 0 Å². The molecule has 1 amide bonds. The van der Waals surface area contributed by atoms with Crippen molar-refractivity contribution in [3.63, 3.8) is 0 Å². The zero-order valence-electron chi connectivity index (χ0n) is 15.4. The predicted octanol–water partition coefficient (Wildman–Crippen LogP) is 6.16. The van der Waals surface area contributed by atoms with Gasteiger partial charge in [-0.25, -0.2) is 0 Å². The number of nitrogens with one attached hydrogen (secondary N) is 1. The Kier molecular flexibility index (Phi) is 7.43. The van der Waals surface area contributed by atoms with E-state index in [-0.39, 0.29) is 5.91 Å². The van der Waals surface area contributed by atoms with Crippen molar-refractivity contribution in [1.82, 2.24) is 0 Å². The molecule has 0 atom stereocenters. The highest BCUT2D eigenvalue weighted by Crippen LogP contribution is 2.25. The summed E-state index contributed by atoms with van der Waals surface area (Å²) in [5.41, 5.74) is 4.50. The van der Waals surface area contributed by atoms with Gasteiger partial charge in [-0.1, -0.05) is 60.7 Å². The first-order valence-electron chi connectivity index (χ1n) is 8.89. The van der Waals surface area contributed by atoms with Gasteiger partial charge in [-0.15, -0.1) is 23.5 Å². The maximum absolute atomic E-state index is 12.2. The number of thioether (sulfide) groups is 2. The Morgan fingerprint density at radius 3 is 2.26 bits per heavy atom. The zero-order valence-corrected chi connectivity index (χ0v) is 17.0. The van der Waals surface area contributed by atoms with Crippen LogP contribution in [0.15, 0.2) is 83.8 Å². The van der Waals surface area contributed by atoms with Gasteiger partial charge in [0.15, 0.2) is 0 Å². The van der Waals surface area contributed by atoms with Crippen LogP contribution in [0, 0.1) is 6.92 Å². The van der Waals surface area contributed by atoms with E-state index in [1.54, 1.807) is 11.8 Å². The minimum absolute atomic E-state index is 0.0467. The SMILES string of the molecule is Cc1cc(CSc2ccccc2)ccc1NC(=O)CSCc1ccccc1. The summed E-state index contributed by atoms with van der Waals surface area (Å²) in [5, 5.41) is 3.03. The molecule has 1 N–H and O–H groups in total. The summed E-state index contributed by atoms with van der Waals surface area (Å²) in [7, 11) is 0. The fourth-order valence-electron chi connectivity index (χ4n) is 2.66. The Labute approximate surface area is 169 Å². The van der Waals surface area contributed by atoms with E-state index in [0.717, 1.165) is 22.8 Å². The summed E-state index contributed by atoms with van der Waals surface area (Å²) in [5.74, 6) is 2.28. The van der Waals surface area contributed by atoms with Crippen LogP contribution in [0.1, 0.15) is 16.7 Å². The number of carbonyl (C=O) groups is 1. The summed E-state index contributed by atoms with van der Waals surface area (Å²) in [6.45, 7) is 2.05. The van der Waals surface area contributed by atoms with Crippen molar-refractivity contribution in [2.75, 3.05) is 11.1 Å². The van der Waals surface area contributed by atoms with Crippen LogP contribution in [0.4, 0.5) is 5.69 Å². The molecule has 0 radical (unpaired) electrons. The van der Waals surface area contributed by atoms with E-state index < -0.39 is 0 Å². The number of anilines is 1. The molecular weight excluding hydrogens is 370 g/mol. The minimum Gasteiger partial charge on any atom is -0.325 e. The number of carbonyl (C=O) groups excluding carboxylic acids is 1. The third-order valence-corrected chi connectivity index (χ3v) is 6.15. The summed E-state index contributed by atoms with van der Waals surface area (Å²) in [6.07, 6.45) is 0. The average Bonchev–Trinajstić information content (AvgIpc) is 2.70. The highest BCUT2D eigenvalue weighted by molar-refractivity contribution is 7.99. The Balaban J connectivity index is 1.47. The molecule has 3 aromatic rings. The molecular formula is C23H23NOS2. The summed E-state index contributed by atoms with van der Waals surface area (Å²) >= 11 is 3.45. The molecule has 138 valence electrons. The second kappa shape index (κ2) is 10.2. The number of amides is 1. The molecule has 0 aliphatic carbocycles. The van der Waals surface area contributed by atoms with Gasteiger partial charge in [0.2, 0.25) is 5.91 Å². The quantitative estimate of drug-likeness (QED) is 0.465. The lowest BCUT2D eigenvalue weighted by molar-refractivity contribution is -0.113. The van der Waals surface area contributed by atoms with Crippen LogP contribution < -0.4 is 5.32 Å². The van der Waals surface area contributed by atoms with E-state index in [1.807, 2.05) is 49.0 Å². The molecule has 0 saturated heterocycles. The van der Waals surface area contributed by atoms with Crippen LogP contribution in [-0.4, -0.2) is 11.7 Å². The predicted molar refractivity (Wildman–Crippen MR) is 118 cm³/mol. The molecule has 3 rings (SSSR count). The molecule has 0 unspecified atom stereocenters. The molecule has 0 saturated carbocycles. The van der Waals surface area contributed by atoms with Crippen molar-refractivity contribution in [1.29, 1.82) is 0 Å². The van der Waals surface area contributed by atoms with E-state index in [2.05, 4.69) is 53.8 Å². The standard InChI is InChI=1S/C23H23NOS2/c1-18-14-20(16-27-21-10-6-3-7-11-21)12-13-22(18)24-23(25)17-26-15-19-8-4-2-5-9-19/h2-14H,15-17H2,1H3,(H,24,25). The Morgan fingerprint density at radius 1 is 0.852 bits per heavy atom. The number of aryl methyl sites for hydroxylation is 1. The number of hydrogen-bond donors (Lipinski definition) is 1. The van der Waals surface area contributed by atoms with Gasteiger partial charge in [0, 0.05) is 22.1 Å². The van der Waals surface area contributed by atoms with Gasteiger partial charge in [-0.3, -0.25) is 4.79 Å². The lowest BCUT2D eigenvalue weighted by Gasteiger charge is -2.10. The van der Waals surface area contributed by atoms with Crippen molar-refractivity contribution < 1.29 is 4.79 Å². The van der Waals surface area contributed by atoms with Gasteiger partial charge in [-0.05, 0) is 41.8 Å². The topological polar surface area (TPSA) is 29.1 Å². The van der Waals surface area contributed by atoms with Crippen LogP contribution in [-0.2, 0) is 16.3 Å². The Morgan fingerprint density at radius 2 is 1.56 bits per heavy atom. The lowest BCUT2D eigenvalue weighted by Crippen LogP contribution is -2.15.